The molecule has 2 rings (SSSR count). The van der Waals surface area contributed by atoms with E-state index in [4.69, 9.17) is 4.42 Å². The van der Waals surface area contributed by atoms with Gasteiger partial charge in [-0.1, -0.05) is 13.8 Å². The van der Waals surface area contributed by atoms with Gasteiger partial charge in [0.25, 0.3) is 5.91 Å². The molecule has 0 saturated carbocycles. The van der Waals surface area contributed by atoms with Gasteiger partial charge < -0.3 is 9.32 Å². The number of aromatic nitrogens is 2. The first kappa shape index (κ1) is 19.2. The number of aryl methyl sites for hydroxylation is 1. The second-order valence-electron chi connectivity index (χ2n) is 6.47. The summed E-state index contributed by atoms with van der Waals surface area (Å²) in [6.07, 6.45) is 2.13. The molecule has 0 unspecified atom stereocenters. The van der Waals surface area contributed by atoms with Crippen LogP contribution in [0, 0.1) is 12.8 Å². The third kappa shape index (κ3) is 4.29. The normalized spacial score (nSPS) is 11.9. The van der Waals surface area contributed by atoms with Crippen molar-refractivity contribution in [3.05, 3.63) is 23.6 Å². The predicted octanol–water partition coefficient (Wildman–Crippen LogP) is 2.00. The smallest absolute Gasteiger partial charge is 0.257 e. The number of carbonyl (C=O) groups is 1. The average Bonchev–Trinajstić information content (AvgIpc) is 3.11. The summed E-state index contributed by atoms with van der Waals surface area (Å²) in [4.78, 5) is 13.7. The van der Waals surface area contributed by atoms with Crippen LogP contribution in [0.15, 0.2) is 21.6 Å². The molecule has 138 valence electrons. The van der Waals surface area contributed by atoms with Gasteiger partial charge in [-0.05, 0) is 19.3 Å². The number of rotatable bonds is 7. The topological polar surface area (TPSA) is 108 Å². The van der Waals surface area contributed by atoms with Crippen LogP contribution in [-0.4, -0.2) is 50.1 Å². The number of nitrogens with zero attached hydrogens (tertiary/aromatic N) is 2. The fourth-order valence-corrected chi connectivity index (χ4v) is 3.52. The zero-order chi connectivity index (χ0) is 18.8. The molecule has 0 radical (unpaired) electrons. The first-order valence-corrected chi connectivity index (χ1v) is 9.47. The van der Waals surface area contributed by atoms with E-state index in [-0.39, 0.29) is 22.3 Å². The quantitative estimate of drug-likeness (QED) is 0.777. The highest BCUT2D eigenvalue weighted by atomic mass is 32.2. The van der Waals surface area contributed by atoms with Gasteiger partial charge >= 0.3 is 0 Å². The zero-order valence-electron chi connectivity index (χ0n) is 15.1. The van der Waals surface area contributed by atoms with Crippen molar-refractivity contribution in [1.29, 1.82) is 0 Å². The SMILES string of the molecule is Cc1oc(-c2[nH]ncc2C(=O)N(C)C)cc1S(=O)(=O)NCCC(C)C. The van der Waals surface area contributed by atoms with E-state index >= 15 is 0 Å². The lowest BCUT2D eigenvalue weighted by Crippen LogP contribution is -2.25. The van der Waals surface area contributed by atoms with Gasteiger partial charge in [-0.25, -0.2) is 13.1 Å². The van der Waals surface area contributed by atoms with Crippen LogP contribution in [0.25, 0.3) is 11.5 Å². The molecule has 0 aliphatic carbocycles. The molecule has 0 saturated heterocycles. The molecule has 1 amide bonds. The maximum atomic E-state index is 12.5. The van der Waals surface area contributed by atoms with Crippen LogP contribution in [0.5, 0.6) is 0 Å². The van der Waals surface area contributed by atoms with Crippen LogP contribution in [0.2, 0.25) is 0 Å². The highest BCUT2D eigenvalue weighted by Gasteiger charge is 2.25. The maximum Gasteiger partial charge on any atom is 0.257 e. The lowest BCUT2D eigenvalue weighted by Gasteiger charge is -2.08. The van der Waals surface area contributed by atoms with E-state index in [1.54, 1.807) is 21.0 Å². The van der Waals surface area contributed by atoms with E-state index in [2.05, 4.69) is 14.9 Å². The largest absolute Gasteiger partial charge is 0.458 e. The van der Waals surface area contributed by atoms with Crippen LogP contribution in [0.3, 0.4) is 0 Å². The Labute approximate surface area is 147 Å². The van der Waals surface area contributed by atoms with Gasteiger partial charge in [0.1, 0.15) is 16.3 Å². The molecule has 2 aromatic rings. The van der Waals surface area contributed by atoms with Crippen molar-refractivity contribution in [3.63, 3.8) is 0 Å². The van der Waals surface area contributed by atoms with E-state index in [1.165, 1.54) is 17.2 Å². The van der Waals surface area contributed by atoms with Crippen LogP contribution >= 0.6 is 0 Å². The van der Waals surface area contributed by atoms with Crippen molar-refractivity contribution in [2.75, 3.05) is 20.6 Å². The summed E-state index contributed by atoms with van der Waals surface area (Å²) < 4.78 is 33.1. The Bertz CT molecular complexity index is 849. The number of H-pyrrole nitrogens is 1. The van der Waals surface area contributed by atoms with Crippen LogP contribution in [0.1, 0.15) is 36.4 Å². The van der Waals surface area contributed by atoms with Gasteiger partial charge in [-0.3, -0.25) is 9.89 Å². The number of carbonyl (C=O) groups excluding carboxylic acids is 1. The van der Waals surface area contributed by atoms with Gasteiger partial charge in [0.2, 0.25) is 10.0 Å². The molecule has 0 atom stereocenters. The van der Waals surface area contributed by atoms with Gasteiger partial charge in [0.05, 0.1) is 11.8 Å². The molecule has 0 aliphatic rings. The van der Waals surface area contributed by atoms with Gasteiger partial charge in [0.15, 0.2) is 5.76 Å². The van der Waals surface area contributed by atoms with E-state index in [1.807, 2.05) is 13.8 Å². The van der Waals surface area contributed by atoms with E-state index in [0.29, 0.717) is 23.7 Å². The van der Waals surface area contributed by atoms with Gasteiger partial charge in [-0.15, -0.1) is 0 Å². The number of nitrogens with one attached hydrogen (secondary N) is 2. The fraction of sp³-hybridized carbons (Fsp3) is 0.500. The van der Waals surface area contributed by atoms with Crippen LogP contribution < -0.4 is 4.72 Å². The minimum Gasteiger partial charge on any atom is -0.458 e. The molecule has 8 nitrogen and oxygen atoms in total. The van der Waals surface area contributed by atoms with Crippen LogP contribution in [-0.2, 0) is 10.0 Å². The summed E-state index contributed by atoms with van der Waals surface area (Å²) in [7, 11) is -0.428. The van der Waals surface area contributed by atoms with E-state index in [9.17, 15) is 13.2 Å². The monoisotopic (exact) mass is 368 g/mol. The number of amides is 1. The molecule has 2 heterocycles. The molecule has 25 heavy (non-hydrogen) atoms. The molecule has 2 N–H and O–H groups in total. The van der Waals surface area contributed by atoms with Crippen molar-refractivity contribution in [2.45, 2.75) is 32.1 Å². The molecule has 0 aromatic carbocycles. The second-order valence-corrected chi connectivity index (χ2v) is 8.21. The van der Waals surface area contributed by atoms with Crippen LogP contribution in [0.4, 0.5) is 0 Å². The van der Waals surface area contributed by atoms with E-state index in [0.717, 1.165) is 6.42 Å². The summed E-state index contributed by atoms with van der Waals surface area (Å²) in [6.45, 7) is 5.98. The summed E-state index contributed by atoms with van der Waals surface area (Å²) in [6, 6.07) is 1.41. The number of aromatic amines is 1. The molecule has 9 heteroatoms. The Morgan fingerprint density at radius 1 is 1.40 bits per heavy atom. The lowest BCUT2D eigenvalue weighted by molar-refractivity contribution is 0.0828. The second kappa shape index (κ2) is 7.40. The Balaban J connectivity index is 2.32. The zero-order valence-corrected chi connectivity index (χ0v) is 15.9. The highest BCUT2D eigenvalue weighted by molar-refractivity contribution is 7.89. The number of hydrogen-bond donors (Lipinski definition) is 2. The Morgan fingerprint density at radius 3 is 2.68 bits per heavy atom. The number of sulfonamides is 1. The van der Waals surface area contributed by atoms with Gasteiger partial charge in [0, 0.05) is 26.7 Å². The Morgan fingerprint density at radius 2 is 2.08 bits per heavy atom. The number of furan rings is 1. The molecule has 0 fully saturated rings. The summed E-state index contributed by atoms with van der Waals surface area (Å²) in [5.41, 5.74) is 0.667. The number of hydrogen-bond acceptors (Lipinski definition) is 5. The Hall–Kier alpha value is -2.13. The summed E-state index contributed by atoms with van der Waals surface area (Å²) in [5.74, 6) is 0.653. The molecular weight excluding hydrogens is 344 g/mol. The summed E-state index contributed by atoms with van der Waals surface area (Å²) >= 11 is 0. The standard InChI is InChI=1S/C16H24N4O4S/c1-10(2)6-7-18-25(22,23)14-8-13(24-11(14)3)15-12(9-17-19-15)16(21)20(4)5/h8-10,18H,6-7H2,1-5H3,(H,17,19). The molecule has 0 spiro atoms. The van der Waals surface area contributed by atoms with E-state index < -0.39 is 10.0 Å². The lowest BCUT2D eigenvalue weighted by atomic mass is 10.1. The molecule has 2 aromatic heterocycles. The average molecular weight is 368 g/mol. The molecule has 0 aliphatic heterocycles. The predicted molar refractivity (Wildman–Crippen MR) is 93.7 cm³/mol. The van der Waals surface area contributed by atoms with Crippen molar-refractivity contribution >= 4 is 15.9 Å². The minimum atomic E-state index is -3.68. The molecule has 0 bridgehead atoms. The maximum absolute atomic E-state index is 12.5. The van der Waals surface area contributed by atoms with Crippen molar-refractivity contribution in [2.24, 2.45) is 5.92 Å². The fourth-order valence-electron chi connectivity index (χ4n) is 2.29. The molecular formula is C16H24N4O4S. The summed E-state index contributed by atoms with van der Waals surface area (Å²) in [5, 5.41) is 6.58. The highest BCUT2D eigenvalue weighted by Crippen LogP contribution is 2.29. The van der Waals surface area contributed by atoms with Crippen molar-refractivity contribution in [3.8, 4) is 11.5 Å². The Kier molecular flexibility index (Phi) is 5.69. The van der Waals surface area contributed by atoms with Crippen molar-refractivity contribution in [1.82, 2.24) is 19.8 Å². The van der Waals surface area contributed by atoms with Gasteiger partial charge in [-0.2, -0.15) is 5.10 Å². The third-order valence-corrected chi connectivity index (χ3v) is 5.27. The minimum absolute atomic E-state index is 0.0594. The first-order valence-electron chi connectivity index (χ1n) is 7.99. The third-order valence-electron chi connectivity index (χ3n) is 3.70. The first-order chi connectivity index (χ1) is 11.6. The van der Waals surface area contributed by atoms with Crippen molar-refractivity contribution < 1.29 is 17.6 Å².